The van der Waals surface area contributed by atoms with Crippen molar-refractivity contribution in [2.75, 3.05) is 20.2 Å². The number of likely N-dealkylation sites (N-methyl/N-ethyl adjacent to an activating group) is 1. The number of nitrogens with one attached hydrogen (secondary N) is 1. The molecule has 0 fully saturated rings. The molecular weight excluding hydrogens is 252 g/mol. The van der Waals surface area contributed by atoms with E-state index in [4.69, 9.17) is 4.74 Å². The molecule has 1 aromatic rings. The lowest BCUT2D eigenvalue weighted by Gasteiger charge is -2.24. The molecular formula is C16H26N2O2. The molecule has 0 bridgehead atoms. The topological polar surface area (TPSA) is 41.6 Å². The minimum atomic E-state index is -0.155. The Morgan fingerprint density at radius 1 is 1.30 bits per heavy atom. The smallest absolute Gasteiger partial charge is 0.237 e. The van der Waals surface area contributed by atoms with Crippen molar-refractivity contribution in [2.45, 2.75) is 39.8 Å². The molecule has 1 rings (SSSR count). The molecule has 1 atom stereocenters. The number of amides is 1. The number of benzene rings is 1. The summed E-state index contributed by atoms with van der Waals surface area (Å²) < 4.78 is 5.75. The van der Waals surface area contributed by atoms with Crippen LogP contribution in [0, 0.1) is 6.92 Å². The van der Waals surface area contributed by atoms with Gasteiger partial charge in [-0.1, -0.05) is 18.2 Å². The first-order valence-electron chi connectivity index (χ1n) is 7.11. The quantitative estimate of drug-likeness (QED) is 0.831. The van der Waals surface area contributed by atoms with Gasteiger partial charge in [0.1, 0.15) is 12.4 Å². The molecule has 0 spiro atoms. The van der Waals surface area contributed by atoms with Gasteiger partial charge in [-0.25, -0.2) is 0 Å². The van der Waals surface area contributed by atoms with Crippen molar-refractivity contribution in [1.29, 1.82) is 0 Å². The monoisotopic (exact) mass is 278 g/mol. The first-order chi connectivity index (χ1) is 9.41. The van der Waals surface area contributed by atoms with Crippen LogP contribution >= 0.6 is 0 Å². The third kappa shape index (κ3) is 5.21. The maximum absolute atomic E-state index is 11.9. The fourth-order valence-corrected chi connectivity index (χ4v) is 1.82. The van der Waals surface area contributed by atoms with E-state index in [0.29, 0.717) is 13.2 Å². The third-order valence-corrected chi connectivity index (χ3v) is 3.27. The molecule has 0 aliphatic heterocycles. The van der Waals surface area contributed by atoms with Crippen LogP contribution < -0.4 is 10.1 Å². The summed E-state index contributed by atoms with van der Waals surface area (Å²) in [7, 11) is 1.94. The summed E-state index contributed by atoms with van der Waals surface area (Å²) in [5.41, 5.74) is 1.13. The largest absolute Gasteiger partial charge is 0.492 e. The second kappa shape index (κ2) is 7.90. The van der Waals surface area contributed by atoms with Crippen LogP contribution in [0.15, 0.2) is 24.3 Å². The van der Waals surface area contributed by atoms with Crippen LogP contribution in [0.25, 0.3) is 0 Å². The van der Waals surface area contributed by atoms with Crippen LogP contribution in [-0.2, 0) is 4.79 Å². The first-order valence-corrected chi connectivity index (χ1v) is 7.11. The molecule has 0 saturated carbocycles. The number of para-hydroxylation sites is 1. The minimum absolute atomic E-state index is 0.0541. The van der Waals surface area contributed by atoms with Crippen molar-refractivity contribution < 1.29 is 9.53 Å². The van der Waals surface area contributed by atoms with Crippen LogP contribution in [0.3, 0.4) is 0 Å². The Morgan fingerprint density at radius 3 is 2.55 bits per heavy atom. The number of carbonyl (C=O) groups is 1. The number of ether oxygens (including phenoxy) is 1. The van der Waals surface area contributed by atoms with Crippen LogP contribution in [-0.4, -0.2) is 43.1 Å². The van der Waals surface area contributed by atoms with E-state index >= 15 is 0 Å². The van der Waals surface area contributed by atoms with E-state index in [0.717, 1.165) is 11.3 Å². The Kier molecular flexibility index (Phi) is 6.52. The van der Waals surface area contributed by atoms with Crippen molar-refractivity contribution >= 4 is 5.91 Å². The molecule has 0 heterocycles. The Labute approximate surface area is 122 Å². The molecule has 0 aliphatic rings. The van der Waals surface area contributed by atoms with Crippen LogP contribution in [0.4, 0.5) is 0 Å². The zero-order valence-electron chi connectivity index (χ0n) is 13.1. The molecule has 1 aromatic carbocycles. The van der Waals surface area contributed by atoms with Crippen molar-refractivity contribution in [3.63, 3.8) is 0 Å². The molecule has 1 unspecified atom stereocenters. The predicted molar refractivity (Wildman–Crippen MR) is 82.0 cm³/mol. The normalized spacial score (nSPS) is 12.6. The Bertz CT molecular complexity index is 432. The van der Waals surface area contributed by atoms with E-state index in [2.05, 4.69) is 5.32 Å². The minimum Gasteiger partial charge on any atom is -0.492 e. The average Bonchev–Trinajstić information content (AvgIpc) is 2.39. The summed E-state index contributed by atoms with van der Waals surface area (Å²) in [5.74, 6) is 0.957. The molecule has 1 amide bonds. The van der Waals surface area contributed by atoms with Crippen LogP contribution in [0.2, 0.25) is 0 Å². The van der Waals surface area contributed by atoms with E-state index in [9.17, 15) is 4.79 Å². The highest BCUT2D eigenvalue weighted by atomic mass is 16.5. The molecule has 0 aliphatic carbocycles. The molecule has 0 radical (unpaired) electrons. The van der Waals surface area contributed by atoms with Crippen LogP contribution in [0.5, 0.6) is 5.75 Å². The van der Waals surface area contributed by atoms with Crippen molar-refractivity contribution in [1.82, 2.24) is 10.2 Å². The van der Waals surface area contributed by atoms with Gasteiger partial charge >= 0.3 is 0 Å². The number of hydrogen-bond acceptors (Lipinski definition) is 3. The lowest BCUT2D eigenvalue weighted by atomic mass is 10.2. The highest BCUT2D eigenvalue weighted by molar-refractivity contribution is 5.81. The highest BCUT2D eigenvalue weighted by Gasteiger charge is 2.18. The lowest BCUT2D eigenvalue weighted by molar-refractivity contribution is -0.126. The molecule has 0 saturated heterocycles. The maximum Gasteiger partial charge on any atom is 0.237 e. The molecule has 0 aromatic heterocycles. The van der Waals surface area contributed by atoms with Gasteiger partial charge < -0.3 is 10.1 Å². The number of rotatable bonds is 7. The second-order valence-electron chi connectivity index (χ2n) is 5.43. The van der Waals surface area contributed by atoms with Gasteiger partial charge in [-0.3, -0.25) is 9.69 Å². The van der Waals surface area contributed by atoms with Crippen molar-refractivity contribution in [2.24, 2.45) is 0 Å². The lowest BCUT2D eigenvalue weighted by Crippen LogP contribution is -2.46. The third-order valence-electron chi connectivity index (χ3n) is 3.27. The number of carbonyl (C=O) groups excluding carboxylic acids is 1. The van der Waals surface area contributed by atoms with E-state index in [1.54, 1.807) is 0 Å². The summed E-state index contributed by atoms with van der Waals surface area (Å²) in [6.07, 6.45) is 0. The molecule has 112 valence electrons. The summed E-state index contributed by atoms with van der Waals surface area (Å²) >= 11 is 0. The molecule has 1 N–H and O–H groups in total. The Balaban J connectivity index is 2.38. The fourth-order valence-electron chi connectivity index (χ4n) is 1.82. The molecule has 4 heteroatoms. The Hall–Kier alpha value is -1.55. The Morgan fingerprint density at radius 2 is 1.95 bits per heavy atom. The van der Waals surface area contributed by atoms with E-state index in [1.165, 1.54) is 0 Å². The van der Waals surface area contributed by atoms with E-state index in [-0.39, 0.29) is 18.0 Å². The fraction of sp³-hybridized carbons (Fsp3) is 0.562. The first kappa shape index (κ1) is 16.5. The van der Waals surface area contributed by atoms with E-state index in [1.807, 2.05) is 63.9 Å². The standard InChI is InChI=1S/C16H26N2O2/c1-12(2)17-16(19)14(4)18(5)10-11-20-15-9-7-6-8-13(15)3/h6-9,12,14H,10-11H2,1-5H3,(H,17,19). The van der Waals surface area contributed by atoms with E-state index < -0.39 is 0 Å². The van der Waals surface area contributed by atoms with Gasteiger partial charge in [-0.05, 0) is 46.4 Å². The zero-order chi connectivity index (χ0) is 15.1. The number of aryl methyl sites for hydroxylation is 1. The second-order valence-corrected chi connectivity index (χ2v) is 5.43. The van der Waals surface area contributed by atoms with Crippen molar-refractivity contribution in [3.8, 4) is 5.75 Å². The highest BCUT2D eigenvalue weighted by Crippen LogP contribution is 2.15. The summed E-state index contributed by atoms with van der Waals surface area (Å²) in [4.78, 5) is 13.9. The number of nitrogens with zero attached hydrogens (tertiary/aromatic N) is 1. The average molecular weight is 278 g/mol. The van der Waals surface area contributed by atoms with Gasteiger partial charge in [0.2, 0.25) is 5.91 Å². The zero-order valence-corrected chi connectivity index (χ0v) is 13.1. The van der Waals surface area contributed by atoms with Gasteiger partial charge in [-0.15, -0.1) is 0 Å². The summed E-state index contributed by atoms with van der Waals surface area (Å²) in [6, 6.07) is 7.96. The molecule has 20 heavy (non-hydrogen) atoms. The molecule has 4 nitrogen and oxygen atoms in total. The van der Waals surface area contributed by atoms with Gasteiger partial charge in [0.05, 0.1) is 6.04 Å². The summed E-state index contributed by atoms with van der Waals surface area (Å²) in [5, 5.41) is 2.92. The van der Waals surface area contributed by atoms with Gasteiger partial charge in [0.15, 0.2) is 0 Å². The number of hydrogen-bond donors (Lipinski definition) is 1. The van der Waals surface area contributed by atoms with Gasteiger partial charge in [-0.2, -0.15) is 0 Å². The maximum atomic E-state index is 11.9. The van der Waals surface area contributed by atoms with Gasteiger partial charge in [0, 0.05) is 12.6 Å². The SMILES string of the molecule is Cc1ccccc1OCCN(C)C(C)C(=O)NC(C)C. The van der Waals surface area contributed by atoms with Crippen LogP contribution in [0.1, 0.15) is 26.3 Å². The van der Waals surface area contributed by atoms with Crippen molar-refractivity contribution in [3.05, 3.63) is 29.8 Å². The van der Waals surface area contributed by atoms with Gasteiger partial charge in [0.25, 0.3) is 0 Å². The summed E-state index contributed by atoms with van der Waals surface area (Å²) in [6.45, 7) is 9.14. The predicted octanol–water partition coefficient (Wildman–Crippen LogP) is 2.22.